The number of hydrogen-bond donors (Lipinski definition) is 0. The molecule has 0 saturated carbocycles. The highest BCUT2D eigenvalue weighted by molar-refractivity contribution is 6.03. The van der Waals surface area contributed by atoms with Gasteiger partial charge in [-0.1, -0.05) is 30.3 Å². The molecule has 1 fully saturated rings. The van der Waals surface area contributed by atoms with Crippen LogP contribution in [-0.2, 0) is 4.79 Å². The van der Waals surface area contributed by atoms with Crippen LogP contribution in [0.15, 0.2) is 54.6 Å². The number of rotatable bonds is 2. The summed E-state index contributed by atoms with van der Waals surface area (Å²) in [6.45, 7) is 4.86. The predicted octanol–water partition coefficient (Wildman–Crippen LogP) is 2.87. The lowest BCUT2D eigenvalue weighted by Crippen LogP contribution is -2.57. The van der Waals surface area contributed by atoms with Gasteiger partial charge in [0.1, 0.15) is 6.04 Å². The molecule has 0 spiro atoms. The number of carbonyl (C=O) groups is 2. The topological polar surface area (TPSA) is 40.6 Å². The second kappa shape index (κ2) is 6.24. The second-order valence-electron chi connectivity index (χ2n) is 5.87. The van der Waals surface area contributed by atoms with Gasteiger partial charge in [0, 0.05) is 24.3 Å². The summed E-state index contributed by atoms with van der Waals surface area (Å²) in [7, 11) is 0. The Balaban J connectivity index is 1.80. The van der Waals surface area contributed by atoms with Crippen LogP contribution < -0.4 is 4.90 Å². The van der Waals surface area contributed by atoms with E-state index in [1.165, 1.54) is 0 Å². The van der Waals surface area contributed by atoms with E-state index < -0.39 is 6.04 Å². The van der Waals surface area contributed by atoms with Crippen LogP contribution in [0.2, 0.25) is 0 Å². The van der Waals surface area contributed by atoms with E-state index in [0.29, 0.717) is 18.7 Å². The first-order chi connectivity index (χ1) is 11.1. The van der Waals surface area contributed by atoms with Crippen LogP contribution in [0, 0.1) is 6.92 Å². The summed E-state index contributed by atoms with van der Waals surface area (Å²) in [5, 5.41) is 0. The van der Waals surface area contributed by atoms with Crippen molar-refractivity contribution in [1.29, 1.82) is 0 Å². The Hall–Kier alpha value is -2.62. The van der Waals surface area contributed by atoms with Gasteiger partial charge in [-0.15, -0.1) is 0 Å². The van der Waals surface area contributed by atoms with Crippen molar-refractivity contribution in [2.75, 3.05) is 18.0 Å². The van der Waals surface area contributed by atoms with E-state index in [1.54, 1.807) is 28.9 Å². The van der Waals surface area contributed by atoms with Gasteiger partial charge >= 0.3 is 0 Å². The van der Waals surface area contributed by atoms with Gasteiger partial charge in [0.05, 0.1) is 0 Å². The summed E-state index contributed by atoms with van der Waals surface area (Å²) in [6.07, 6.45) is 0. The molecule has 1 atom stereocenters. The van der Waals surface area contributed by atoms with Gasteiger partial charge in [-0.2, -0.15) is 0 Å². The molecule has 2 aromatic carbocycles. The fraction of sp³-hybridized carbons (Fsp3) is 0.263. The summed E-state index contributed by atoms with van der Waals surface area (Å²) in [4.78, 5) is 28.8. The van der Waals surface area contributed by atoms with Crippen molar-refractivity contribution in [3.63, 3.8) is 0 Å². The Labute approximate surface area is 136 Å². The lowest BCUT2D eigenvalue weighted by Gasteiger charge is -2.39. The van der Waals surface area contributed by atoms with Crippen molar-refractivity contribution in [1.82, 2.24) is 4.90 Å². The number of amides is 2. The minimum absolute atomic E-state index is 0.0360. The molecule has 4 nitrogen and oxygen atoms in total. The number of nitrogens with zero attached hydrogens (tertiary/aromatic N) is 2. The monoisotopic (exact) mass is 308 g/mol. The third-order valence-corrected chi connectivity index (χ3v) is 4.25. The molecule has 2 aromatic rings. The highest BCUT2D eigenvalue weighted by atomic mass is 16.2. The average molecular weight is 308 g/mol. The Morgan fingerprint density at radius 3 is 2.48 bits per heavy atom. The number of carbonyl (C=O) groups excluding carboxylic acids is 2. The summed E-state index contributed by atoms with van der Waals surface area (Å²) in [6, 6.07) is 16.5. The minimum atomic E-state index is -0.461. The van der Waals surface area contributed by atoms with Crippen LogP contribution in [-0.4, -0.2) is 35.8 Å². The Kier molecular flexibility index (Phi) is 4.15. The smallest absolute Gasteiger partial charge is 0.254 e. The van der Waals surface area contributed by atoms with Crippen molar-refractivity contribution < 1.29 is 9.59 Å². The van der Waals surface area contributed by atoms with Crippen molar-refractivity contribution >= 4 is 17.5 Å². The van der Waals surface area contributed by atoms with Gasteiger partial charge in [-0.3, -0.25) is 9.59 Å². The van der Waals surface area contributed by atoms with Gasteiger partial charge < -0.3 is 9.80 Å². The number of hydrogen-bond acceptors (Lipinski definition) is 2. The normalized spacial score (nSPS) is 18.2. The molecule has 1 saturated heterocycles. The molecule has 1 aliphatic rings. The molecule has 4 heteroatoms. The predicted molar refractivity (Wildman–Crippen MR) is 90.5 cm³/mol. The van der Waals surface area contributed by atoms with Crippen LogP contribution in [0.4, 0.5) is 5.69 Å². The van der Waals surface area contributed by atoms with Gasteiger partial charge in [0.15, 0.2) is 0 Å². The van der Waals surface area contributed by atoms with Crippen LogP contribution in [0.25, 0.3) is 0 Å². The number of anilines is 1. The lowest BCUT2D eigenvalue weighted by atomic mass is 10.1. The molecule has 0 radical (unpaired) electrons. The molecule has 1 heterocycles. The largest absolute Gasteiger partial charge is 0.325 e. The van der Waals surface area contributed by atoms with Crippen LogP contribution in [0.3, 0.4) is 0 Å². The number of aryl methyl sites for hydroxylation is 1. The van der Waals surface area contributed by atoms with Crippen molar-refractivity contribution in [2.45, 2.75) is 19.9 Å². The average Bonchev–Trinajstić information content (AvgIpc) is 2.57. The molecular formula is C19H20N2O2. The molecule has 0 bridgehead atoms. The Bertz CT molecular complexity index is 727. The van der Waals surface area contributed by atoms with E-state index in [-0.39, 0.29) is 11.8 Å². The van der Waals surface area contributed by atoms with E-state index >= 15 is 0 Å². The molecular weight excluding hydrogens is 288 g/mol. The first kappa shape index (κ1) is 15.3. The molecule has 1 aliphatic heterocycles. The molecule has 23 heavy (non-hydrogen) atoms. The zero-order valence-electron chi connectivity index (χ0n) is 13.4. The van der Waals surface area contributed by atoms with Crippen LogP contribution in [0.1, 0.15) is 22.8 Å². The maximum absolute atomic E-state index is 12.7. The van der Waals surface area contributed by atoms with Crippen molar-refractivity contribution in [2.24, 2.45) is 0 Å². The van der Waals surface area contributed by atoms with E-state index in [2.05, 4.69) is 0 Å². The molecule has 0 N–H and O–H groups in total. The third kappa shape index (κ3) is 2.97. The summed E-state index contributed by atoms with van der Waals surface area (Å²) in [5.41, 5.74) is 2.63. The molecule has 3 rings (SSSR count). The third-order valence-electron chi connectivity index (χ3n) is 4.25. The van der Waals surface area contributed by atoms with Crippen LogP contribution in [0.5, 0.6) is 0 Å². The van der Waals surface area contributed by atoms with Gasteiger partial charge in [0.25, 0.3) is 5.91 Å². The highest BCUT2D eigenvalue weighted by Gasteiger charge is 2.35. The molecule has 0 aliphatic carbocycles. The van der Waals surface area contributed by atoms with Gasteiger partial charge in [-0.25, -0.2) is 0 Å². The van der Waals surface area contributed by atoms with Crippen molar-refractivity contribution in [3.05, 3.63) is 65.7 Å². The minimum Gasteiger partial charge on any atom is -0.325 e. The Morgan fingerprint density at radius 1 is 1.04 bits per heavy atom. The zero-order valence-corrected chi connectivity index (χ0v) is 13.4. The zero-order chi connectivity index (χ0) is 16.4. The van der Waals surface area contributed by atoms with E-state index in [4.69, 9.17) is 0 Å². The number of piperazine rings is 1. The van der Waals surface area contributed by atoms with E-state index in [0.717, 1.165) is 11.3 Å². The van der Waals surface area contributed by atoms with Crippen LogP contribution >= 0.6 is 0 Å². The van der Waals surface area contributed by atoms with E-state index in [1.807, 2.05) is 49.4 Å². The van der Waals surface area contributed by atoms with E-state index in [9.17, 15) is 9.59 Å². The molecule has 2 amide bonds. The highest BCUT2D eigenvalue weighted by Crippen LogP contribution is 2.22. The second-order valence-corrected chi connectivity index (χ2v) is 5.87. The summed E-state index contributed by atoms with van der Waals surface area (Å²) in [5.74, 6) is -0.124. The lowest BCUT2D eigenvalue weighted by molar-refractivity contribution is -0.124. The fourth-order valence-corrected chi connectivity index (χ4v) is 2.95. The van der Waals surface area contributed by atoms with Gasteiger partial charge in [-0.05, 0) is 43.7 Å². The quantitative estimate of drug-likeness (QED) is 0.856. The molecule has 0 unspecified atom stereocenters. The Morgan fingerprint density at radius 2 is 1.78 bits per heavy atom. The molecule has 0 aromatic heterocycles. The molecule has 118 valence electrons. The summed E-state index contributed by atoms with van der Waals surface area (Å²) >= 11 is 0. The summed E-state index contributed by atoms with van der Waals surface area (Å²) < 4.78 is 0. The standard InChI is InChI=1S/C19H20N2O2/c1-14-7-6-10-17(13-14)21-12-11-20(15(2)18(21)22)19(23)16-8-4-3-5-9-16/h3-10,13,15H,11-12H2,1-2H3/t15-/m1/s1. The van der Waals surface area contributed by atoms with Gasteiger partial charge in [0.2, 0.25) is 5.91 Å². The number of benzene rings is 2. The first-order valence-corrected chi connectivity index (χ1v) is 7.82. The van der Waals surface area contributed by atoms with Crippen molar-refractivity contribution in [3.8, 4) is 0 Å². The maximum atomic E-state index is 12.7. The maximum Gasteiger partial charge on any atom is 0.254 e. The fourth-order valence-electron chi connectivity index (χ4n) is 2.95. The SMILES string of the molecule is Cc1cccc(N2CCN(C(=O)c3ccccc3)[C@H](C)C2=O)c1. The first-order valence-electron chi connectivity index (χ1n) is 7.82.